The number of nitrogens with two attached hydrogens (primary N) is 1. The monoisotopic (exact) mass is 248 g/mol. The average Bonchev–Trinajstić information content (AvgIpc) is 2.92. The Labute approximate surface area is 110 Å². The molecular weight excluding hydrogens is 224 g/mol. The number of aryl methyl sites for hydroxylation is 1. The summed E-state index contributed by atoms with van der Waals surface area (Å²) >= 11 is 0. The van der Waals surface area contributed by atoms with E-state index in [0.717, 1.165) is 31.6 Å². The smallest absolute Gasteiger partial charge is 0.119 e. The molecule has 1 aromatic carbocycles. The molecule has 100 valence electrons. The zero-order chi connectivity index (χ0) is 12.8. The van der Waals surface area contributed by atoms with E-state index >= 15 is 0 Å². The van der Waals surface area contributed by atoms with Gasteiger partial charge in [-0.15, -0.1) is 0 Å². The predicted octanol–water partition coefficient (Wildman–Crippen LogP) is 2.58. The quantitative estimate of drug-likeness (QED) is 0.786. The first-order valence-corrected chi connectivity index (χ1v) is 6.97. The summed E-state index contributed by atoms with van der Waals surface area (Å²) in [5.74, 6) is 0.959. The topological polar surface area (TPSA) is 38.5 Å². The number of benzene rings is 1. The summed E-state index contributed by atoms with van der Waals surface area (Å²) in [6, 6.07) is 6.46. The first-order chi connectivity index (χ1) is 8.85. The molecule has 0 saturated carbocycles. The highest BCUT2D eigenvalue weighted by atomic mass is 16.5. The molecule has 2 N–H and O–H groups in total. The molecule has 0 bridgehead atoms. The van der Waals surface area contributed by atoms with Gasteiger partial charge in [0.2, 0.25) is 0 Å². The van der Waals surface area contributed by atoms with Crippen LogP contribution >= 0.6 is 0 Å². The van der Waals surface area contributed by atoms with Gasteiger partial charge in [-0.1, -0.05) is 0 Å². The minimum atomic E-state index is 0.781. The molecule has 1 heterocycles. The third-order valence-electron chi connectivity index (χ3n) is 3.63. The number of unbranched alkanes of at least 4 members (excludes halogenated alkanes) is 1. The third kappa shape index (κ3) is 3.16. The van der Waals surface area contributed by atoms with Crippen LogP contribution in [0.2, 0.25) is 0 Å². The fourth-order valence-corrected chi connectivity index (χ4v) is 2.62. The summed E-state index contributed by atoms with van der Waals surface area (Å²) in [5, 5.41) is 0. The van der Waals surface area contributed by atoms with Gasteiger partial charge in [-0.3, -0.25) is 0 Å². The Kier molecular flexibility index (Phi) is 4.88. The van der Waals surface area contributed by atoms with Gasteiger partial charge in [0.1, 0.15) is 5.75 Å². The molecule has 18 heavy (non-hydrogen) atoms. The molecule has 0 aliphatic carbocycles. The zero-order valence-electron chi connectivity index (χ0n) is 11.3. The highest BCUT2D eigenvalue weighted by molar-refractivity contribution is 5.57. The molecule has 1 fully saturated rings. The number of rotatable bonds is 6. The number of ether oxygens (including phenoxy) is 1. The van der Waals surface area contributed by atoms with E-state index < -0.39 is 0 Å². The lowest BCUT2D eigenvalue weighted by atomic mass is 10.0. The standard InChI is InChI=1S/C15H24N2O/c1-18-14-7-8-15(17-10-4-5-11-17)13(12-14)6-2-3-9-16/h7-8,12H,2-6,9-11,16H2,1H3. The maximum absolute atomic E-state index is 5.57. The Bertz CT molecular complexity index is 373. The van der Waals surface area contributed by atoms with E-state index in [0.29, 0.717) is 0 Å². The predicted molar refractivity (Wildman–Crippen MR) is 76.4 cm³/mol. The van der Waals surface area contributed by atoms with Crippen LogP contribution in [0.4, 0.5) is 5.69 Å². The van der Waals surface area contributed by atoms with Gasteiger partial charge in [0.25, 0.3) is 0 Å². The molecule has 0 spiro atoms. The average molecular weight is 248 g/mol. The molecule has 0 aromatic heterocycles. The highest BCUT2D eigenvalue weighted by Gasteiger charge is 2.15. The van der Waals surface area contributed by atoms with Crippen LogP contribution in [0.25, 0.3) is 0 Å². The molecule has 0 amide bonds. The van der Waals surface area contributed by atoms with E-state index in [1.54, 1.807) is 7.11 Å². The Morgan fingerprint density at radius 1 is 1.22 bits per heavy atom. The number of nitrogens with zero attached hydrogens (tertiary/aromatic N) is 1. The van der Waals surface area contributed by atoms with Crippen molar-refractivity contribution in [2.75, 3.05) is 31.6 Å². The van der Waals surface area contributed by atoms with Gasteiger partial charge < -0.3 is 15.4 Å². The Hall–Kier alpha value is -1.22. The fraction of sp³-hybridized carbons (Fsp3) is 0.600. The first kappa shape index (κ1) is 13.2. The van der Waals surface area contributed by atoms with E-state index in [2.05, 4.69) is 23.1 Å². The summed E-state index contributed by atoms with van der Waals surface area (Å²) in [4.78, 5) is 2.50. The van der Waals surface area contributed by atoms with Crippen molar-refractivity contribution in [1.29, 1.82) is 0 Å². The Morgan fingerprint density at radius 3 is 2.67 bits per heavy atom. The first-order valence-electron chi connectivity index (χ1n) is 6.97. The van der Waals surface area contributed by atoms with Crippen molar-refractivity contribution in [2.24, 2.45) is 5.73 Å². The molecule has 1 saturated heterocycles. The van der Waals surface area contributed by atoms with Crippen LogP contribution in [0.1, 0.15) is 31.2 Å². The molecule has 3 heteroatoms. The van der Waals surface area contributed by atoms with Crippen molar-refractivity contribution < 1.29 is 4.74 Å². The summed E-state index contributed by atoms with van der Waals surface area (Å²) in [6.07, 6.45) is 5.98. The molecule has 0 unspecified atom stereocenters. The molecule has 1 aliphatic heterocycles. The van der Waals surface area contributed by atoms with Crippen LogP contribution in [0.15, 0.2) is 18.2 Å². The number of hydrogen-bond donors (Lipinski definition) is 1. The highest BCUT2D eigenvalue weighted by Crippen LogP contribution is 2.29. The lowest BCUT2D eigenvalue weighted by Crippen LogP contribution is -2.19. The van der Waals surface area contributed by atoms with Crippen molar-refractivity contribution in [3.8, 4) is 5.75 Å². The van der Waals surface area contributed by atoms with Crippen LogP contribution < -0.4 is 15.4 Å². The van der Waals surface area contributed by atoms with Gasteiger partial charge in [-0.05, 0) is 62.4 Å². The normalized spacial score (nSPS) is 15.1. The SMILES string of the molecule is COc1ccc(N2CCCC2)c(CCCCN)c1. The third-order valence-corrected chi connectivity index (χ3v) is 3.63. The summed E-state index contributed by atoms with van der Waals surface area (Å²) in [6.45, 7) is 3.16. The minimum absolute atomic E-state index is 0.781. The van der Waals surface area contributed by atoms with Crippen LogP contribution in [0.3, 0.4) is 0 Å². The summed E-state index contributed by atoms with van der Waals surface area (Å²) in [5.41, 5.74) is 8.37. The number of hydrogen-bond acceptors (Lipinski definition) is 3. The van der Waals surface area contributed by atoms with Crippen LogP contribution in [-0.4, -0.2) is 26.7 Å². The summed E-state index contributed by atoms with van der Waals surface area (Å²) in [7, 11) is 1.73. The fourth-order valence-electron chi connectivity index (χ4n) is 2.62. The van der Waals surface area contributed by atoms with Gasteiger partial charge in [0.15, 0.2) is 0 Å². The van der Waals surface area contributed by atoms with E-state index in [1.165, 1.54) is 37.2 Å². The van der Waals surface area contributed by atoms with Crippen molar-refractivity contribution in [2.45, 2.75) is 32.1 Å². The largest absolute Gasteiger partial charge is 0.497 e. The maximum atomic E-state index is 5.57. The number of methoxy groups -OCH3 is 1. The van der Waals surface area contributed by atoms with E-state index in [-0.39, 0.29) is 0 Å². The molecule has 1 aliphatic rings. The molecular formula is C15H24N2O. The Morgan fingerprint density at radius 2 is 2.00 bits per heavy atom. The Balaban J connectivity index is 2.14. The van der Waals surface area contributed by atoms with Gasteiger partial charge in [0.05, 0.1) is 7.11 Å². The van der Waals surface area contributed by atoms with Crippen molar-refractivity contribution in [1.82, 2.24) is 0 Å². The van der Waals surface area contributed by atoms with E-state index in [4.69, 9.17) is 10.5 Å². The molecule has 0 atom stereocenters. The second-order valence-electron chi connectivity index (χ2n) is 4.93. The second kappa shape index (κ2) is 6.64. The van der Waals surface area contributed by atoms with Crippen molar-refractivity contribution >= 4 is 5.69 Å². The van der Waals surface area contributed by atoms with Crippen molar-refractivity contribution in [3.05, 3.63) is 23.8 Å². The summed E-state index contributed by atoms with van der Waals surface area (Å²) < 4.78 is 5.34. The van der Waals surface area contributed by atoms with E-state index in [9.17, 15) is 0 Å². The van der Waals surface area contributed by atoms with Gasteiger partial charge in [-0.2, -0.15) is 0 Å². The maximum Gasteiger partial charge on any atom is 0.119 e. The van der Waals surface area contributed by atoms with Crippen LogP contribution in [0.5, 0.6) is 5.75 Å². The second-order valence-corrected chi connectivity index (χ2v) is 4.93. The minimum Gasteiger partial charge on any atom is -0.497 e. The van der Waals surface area contributed by atoms with Gasteiger partial charge in [0, 0.05) is 18.8 Å². The lowest BCUT2D eigenvalue weighted by molar-refractivity contribution is 0.414. The lowest BCUT2D eigenvalue weighted by Gasteiger charge is -2.22. The van der Waals surface area contributed by atoms with Crippen LogP contribution in [-0.2, 0) is 6.42 Å². The van der Waals surface area contributed by atoms with Crippen molar-refractivity contribution in [3.63, 3.8) is 0 Å². The zero-order valence-corrected chi connectivity index (χ0v) is 11.3. The molecule has 1 aromatic rings. The molecule has 0 radical (unpaired) electrons. The van der Waals surface area contributed by atoms with E-state index in [1.807, 2.05) is 0 Å². The van der Waals surface area contributed by atoms with Gasteiger partial charge >= 0.3 is 0 Å². The number of anilines is 1. The van der Waals surface area contributed by atoms with Crippen LogP contribution in [0, 0.1) is 0 Å². The van der Waals surface area contributed by atoms with Gasteiger partial charge in [-0.25, -0.2) is 0 Å². The molecule has 2 rings (SSSR count). The molecule has 3 nitrogen and oxygen atoms in total.